The monoisotopic (exact) mass is 445 g/mol. The van der Waals surface area contributed by atoms with Crippen LogP contribution in [0.1, 0.15) is 17.0 Å². The predicted octanol–water partition coefficient (Wildman–Crippen LogP) is 3.06. The van der Waals surface area contributed by atoms with Gasteiger partial charge in [0.2, 0.25) is 5.78 Å². The molecule has 0 aromatic carbocycles. The standard InChI is InChI=1S/C16H15F8N5O/c1-8-4-29-12(30)10(11(15(19,20)21)25-13(29)27(8)3)9-5-26(2)28(6-9)7-14(17,18)16(22,23)24/h4,6H,5,7H2,1-3H3. The fourth-order valence-electron chi connectivity index (χ4n) is 3.06. The molecule has 0 spiro atoms. The summed E-state index contributed by atoms with van der Waals surface area (Å²) >= 11 is 0. The molecule has 0 saturated heterocycles. The van der Waals surface area contributed by atoms with E-state index in [9.17, 15) is 39.9 Å². The van der Waals surface area contributed by atoms with E-state index >= 15 is 0 Å². The van der Waals surface area contributed by atoms with Crippen LogP contribution in [0.15, 0.2) is 17.2 Å². The minimum absolute atomic E-state index is 0.291. The number of likely N-dealkylation sites (N-methyl/N-ethyl adjacent to an activating group) is 1. The van der Waals surface area contributed by atoms with Crippen LogP contribution in [0.25, 0.3) is 11.4 Å². The van der Waals surface area contributed by atoms with Crippen LogP contribution >= 0.6 is 0 Å². The van der Waals surface area contributed by atoms with Gasteiger partial charge in [0.05, 0.1) is 5.56 Å². The Labute approximate surface area is 163 Å². The maximum absolute atomic E-state index is 13.6. The third-order valence-electron chi connectivity index (χ3n) is 4.75. The predicted molar refractivity (Wildman–Crippen MR) is 88.5 cm³/mol. The Morgan fingerprint density at radius 1 is 1.07 bits per heavy atom. The van der Waals surface area contributed by atoms with Gasteiger partial charge in [-0.05, 0) is 6.92 Å². The molecule has 2 aromatic heterocycles. The number of hydrazine groups is 1. The SMILES string of the molecule is Cc1cn2c(=O)c(C3=CN(CC(F)(F)C(F)(F)F)N(C)C3)c(C(F)(F)F)nc2n1C. The summed E-state index contributed by atoms with van der Waals surface area (Å²) in [5.41, 5.74) is -3.52. The van der Waals surface area contributed by atoms with Crippen molar-refractivity contribution in [3.63, 3.8) is 0 Å². The molecule has 3 heterocycles. The van der Waals surface area contributed by atoms with Gasteiger partial charge in [0.25, 0.3) is 5.56 Å². The lowest BCUT2D eigenvalue weighted by molar-refractivity contribution is -0.290. The molecule has 0 atom stereocenters. The number of halogens is 8. The van der Waals surface area contributed by atoms with Gasteiger partial charge < -0.3 is 9.58 Å². The number of aryl methyl sites for hydroxylation is 2. The second-order valence-electron chi connectivity index (χ2n) is 6.91. The summed E-state index contributed by atoms with van der Waals surface area (Å²) in [7, 11) is 2.51. The fourth-order valence-corrected chi connectivity index (χ4v) is 3.06. The van der Waals surface area contributed by atoms with E-state index in [1.807, 2.05) is 0 Å². The number of alkyl halides is 8. The second-order valence-corrected chi connectivity index (χ2v) is 6.91. The topological polar surface area (TPSA) is 45.8 Å². The molecule has 1 aliphatic heterocycles. The number of nitrogens with zero attached hydrogens (tertiary/aromatic N) is 5. The Morgan fingerprint density at radius 3 is 2.20 bits per heavy atom. The average molecular weight is 445 g/mol. The van der Waals surface area contributed by atoms with Gasteiger partial charge in [0.1, 0.15) is 6.54 Å². The molecule has 0 amide bonds. The van der Waals surface area contributed by atoms with Gasteiger partial charge in [-0.25, -0.2) is 9.99 Å². The van der Waals surface area contributed by atoms with Gasteiger partial charge in [-0.3, -0.25) is 9.20 Å². The molecule has 1 aliphatic rings. The molecule has 2 aromatic rings. The molecule has 0 radical (unpaired) electrons. The largest absolute Gasteiger partial charge is 0.455 e. The zero-order valence-electron chi connectivity index (χ0n) is 15.7. The highest BCUT2D eigenvalue weighted by molar-refractivity contribution is 5.70. The van der Waals surface area contributed by atoms with Crippen molar-refractivity contribution in [1.29, 1.82) is 0 Å². The van der Waals surface area contributed by atoms with E-state index in [1.165, 1.54) is 24.7 Å². The fraction of sp³-hybridized carbons (Fsp3) is 0.500. The lowest BCUT2D eigenvalue weighted by atomic mass is 10.1. The van der Waals surface area contributed by atoms with E-state index in [2.05, 4.69) is 4.98 Å². The van der Waals surface area contributed by atoms with Crippen molar-refractivity contribution < 1.29 is 35.1 Å². The van der Waals surface area contributed by atoms with Crippen LogP contribution in [0, 0.1) is 6.92 Å². The van der Waals surface area contributed by atoms with Gasteiger partial charge in [-0.1, -0.05) is 0 Å². The Hall–Kier alpha value is -2.64. The zero-order valence-corrected chi connectivity index (χ0v) is 15.7. The molecule has 166 valence electrons. The summed E-state index contributed by atoms with van der Waals surface area (Å²) in [4.78, 5) is 16.3. The number of rotatable bonds is 3. The average Bonchev–Trinajstić information content (AvgIpc) is 3.06. The number of fused-ring (bicyclic) bond motifs is 1. The van der Waals surface area contributed by atoms with Crippen LogP contribution in [0.5, 0.6) is 0 Å². The first-order chi connectivity index (χ1) is 13.5. The van der Waals surface area contributed by atoms with Gasteiger partial charge >= 0.3 is 18.3 Å². The van der Waals surface area contributed by atoms with Crippen LogP contribution in [0.3, 0.4) is 0 Å². The highest BCUT2D eigenvalue weighted by Gasteiger charge is 2.58. The first-order valence-corrected chi connectivity index (χ1v) is 8.34. The maximum Gasteiger partial charge on any atom is 0.455 e. The number of hydrogen-bond donors (Lipinski definition) is 0. The van der Waals surface area contributed by atoms with E-state index in [4.69, 9.17) is 0 Å². The van der Waals surface area contributed by atoms with E-state index in [0.717, 1.165) is 16.5 Å². The van der Waals surface area contributed by atoms with Crippen LogP contribution < -0.4 is 5.56 Å². The van der Waals surface area contributed by atoms with E-state index in [-0.39, 0.29) is 11.4 Å². The summed E-state index contributed by atoms with van der Waals surface area (Å²) in [6, 6.07) is 0. The van der Waals surface area contributed by atoms with Crippen molar-refractivity contribution in [1.82, 2.24) is 24.0 Å². The summed E-state index contributed by atoms with van der Waals surface area (Å²) in [5, 5.41) is 1.28. The van der Waals surface area contributed by atoms with Gasteiger partial charge in [-0.15, -0.1) is 0 Å². The molecule has 30 heavy (non-hydrogen) atoms. The molecule has 0 aliphatic carbocycles. The van der Waals surface area contributed by atoms with Crippen molar-refractivity contribution in [2.45, 2.75) is 25.2 Å². The van der Waals surface area contributed by atoms with Gasteiger partial charge in [0.15, 0.2) is 5.69 Å². The third-order valence-corrected chi connectivity index (χ3v) is 4.75. The highest BCUT2D eigenvalue weighted by Crippen LogP contribution is 2.38. The minimum atomic E-state index is -5.84. The van der Waals surface area contributed by atoms with E-state index in [0.29, 0.717) is 16.9 Å². The molecule has 14 heteroatoms. The molecule has 0 N–H and O–H groups in total. The quantitative estimate of drug-likeness (QED) is 0.682. The summed E-state index contributed by atoms with van der Waals surface area (Å²) in [6.45, 7) is -0.810. The van der Waals surface area contributed by atoms with Gasteiger partial charge in [0, 0.05) is 44.3 Å². The van der Waals surface area contributed by atoms with Gasteiger partial charge in [-0.2, -0.15) is 35.1 Å². The Morgan fingerprint density at radius 2 is 1.67 bits per heavy atom. The Kier molecular flexibility index (Phi) is 4.91. The molecule has 3 rings (SSSR count). The molecule has 0 bridgehead atoms. The van der Waals surface area contributed by atoms with E-state index < -0.39 is 48.2 Å². The summed E-state index contributed by atoms with van der Waals surface area (Å²) in [6.07, 6.45) is -8.98. The first kappa shape index (κ1) is 22.1. The molecule has 0 unspecified atom stereocenters. The minimum Gasteiger partial charge on any atom is -0.317 e. The second kappa shape index (κ2) is 6.68. The maximum atomic E-state index is 13.6. The number of hydrogen-bond acceptors (Lipinski definition) is 4. The number of aromatic nitrogens is 3. The van der Waals surface area contributed by atoms with E-state index in [1.54, 1.807) is 0 Å². The van der Waals surface area contributed by atoms with Crippen LogP contribution in [-0.4, -0.2) is 56.2 Å². The van der Waals surface area contributed by atoms with Crippen molar-refractivity contribution >= 4 is 11.4 Å². The number of imidazole rings is 1. The Balaban J connectivity index is 2.17. The van der Waals surface area contributed by atoms with Crippen molar-refractivity contribution in [2.24, 2.45) is 7.05 Å². The van der Waals surface area contributed by atoms with Crippen molar-refractivity contribution in [3.8, 4) is 0 Å². The highest BCUT2D eigenvalue weighted by atomic mass is 19.4. The summed E-state index contributed by atoms with van der Waals surface area (Å²) in [5.74, 6) is -5.41. The molecule has 0 fully saturated rings. The molecule has 0 saturated carbocycles. The van der Waals surface area contributed by atoms with Crippen molar-refractivity contribution in [2.75, 3.05) is 20.1 Å². The first-order valence-electron chi connectivity index (χ1n) is 8.34. The Bertz CT molecular complexity index is 1080. The molecular formula is C16H15F8N5O. The smallest absolute Gasteiger partial charge is 0.317 e. The van der Waals surface area contributed by atoms with Crippen molar-refractivity contribution in [3.05, 3.63) is 39.7 Å². The molecular weight excluding hydrogens is 430 g/mol. The molecule has 6 nitrogen and oxygen atoms in total. The lowest BCUT2D eigenvalue weighted by Crippen LogP contribution is -2.48. The van der Waals surface area contributed by atoms with Crippen LogP contribution in [0.4, 0.5) is 35.1 Å². The third kappa shape index (κ3) is 3.52. The van der Waals surface area contributed by atoms with Crippen LogP contribution in [0.2, 0.25) is 0 Å². The lowest BCUT2D eigenvalue weighted by Gasteiger charge is -2.30. The summed E-state index contributed by atoms with van der Waals surface area (Å²) < 4.78 is 107. The zero-order chi connectivity index (χ0) is 22.8. The van der Waals surface area contributed by atoms with Crippen LogP contribution in [-0.2, 0) is 13.2 Å². The normalized spacial score (nSPS) is 16.6.